The summed E-state index contributed by atoms with van der Waals surface area (Å²) in [6, 6.07) is 8.80. The van der Waals surface area contributed by atoms with Crippen LogP contribution in [0.4, 0.5) is 10.1 Å². The summed E-state index contributed by atoms with van der Waals surface area (Å²) >= 11 is 14.9. The predicted molar refractivity (Wildman–Crippen MR) is 99.5 cm³/mol. The van der Waals surface area contributed by atoms with Gasteiger partial charge in [0.1, 0.15) is 5.82 Å². The van der Waals surface area contributed by atoms with Crippen LogP contribution in [0.1, 0.15) is 12.5 Å². The molecule has 9 heteroatoms. The lowest BCUT2D eigenvalue weighted by atomic mass is 10.1. The highest BCUT2D eigenvalue weighted by Crippen LogP contribution is 2.21. The van der Waals surface area contributed by atoms with E-state index in [4.69, 9.17) is 23.2 Å². The molecule has 0 heterocycles. The molecule has 0 aliphatic heterocycles. The Hall–Kier alpha value is -1.96. The summed E-state index contributed by atoms with van der Waals surface area (Å²) in [7, 11) is 0. The molecule has 130 valence electrons. The van der Waals surface area contributed by atoms with Crippen LogP contribution in [0.2, 0.25) is 10.0 Å². The molecule has 2 aromatic carbocycles. The Morgan fingerprint density at radius 1 is 1.12 bits per heavy atom. The summed E-state index contributed by atoms with van der Waals surface area (Å²) in [6.45, 7) is 1.60. The zero-order valence-corrected chi connectivity index (χ0v) is 15.8. The summed E-state index contributed by atoms with van der Waals surface area (Å²) in [5.41, 5.74) is 2.89. The number of hydrazone groups is 1. The van der Waals surface area contributed by atoms with Crippen molar-refractivity contribution >= 4 is 62.3 Å². The first-order valence-electron chi connectivity index (χ1n) is 6.84. The van der Waals surface area contributed by atoms with Gasteiger partial charge in [-0.05, 0) is 37.3 Å². The molecular formula is C16H11BrCl2FN3O2. The fraction of sp³-hybridized carbons (Fsp3) is 0.0625. The van der Waals surface area contributed by atoms with Crippen LogP contribution in [0.5, 0.6) is 0 Å². The second-order valence-electron chi connectivity index (χ2n) is 4.84. The van der Waals surface area contributed by atoms with Crippen LogP contribution in [-0.2, 0) is 9.59 Å². The molecule has 0 spiro atoms. The molecular weight excluding hydrogens is 436 g/mol. The highest BCUT2D eigenvalue weighted by molar-refractivity contribution is 9.10. The van der Waals surface area contributed by atoms with Crippen LogP contribution < -0.4 is 10.7 Å². The van der Waals surface area contributed by atoms with E-state index in [0.29, 0.717) is 25.8 Å². The molecule has 0 aliphatic carbocycles. The van der Waals surface area contributed by atoms with Gasteiger partial charge < -0.3 is 5.32 Å². The van der Waals surface area contributed by atoms with Crippen molar-refractivity contribution in [3.63, 3.8) is 0 Å². The van der Waals surface area contributed by atoms with Gasteiger partial charge in [0.05, 0.1) is 16.4 Å². The average molecular weight is 447 g/mol. The Kier molecular flexibility index (Phi) is 6.52. The van der Waals surface area contributed by atoms with E-state index in [1.54, 1.807) is 19.1 Å². The number of benzene rings is 2. The zero-order valence-electron chi connectivity index (χ0n) is 12.7. The minimum absolute atomic E-state index is 0.121. The Morgan fingerprint density at radius 2 is 1.84 bits per heavy atom. The van der Waals surface area contributed by atoms with Gasteiger partial charge in [-0.2, -0.15) is 5.10 Å². The van der Waals surface area contributed by atoms with E-state index < -0.39 is 17.6 Å². The van der Waals surface area contributed by atoms with E-state index in [-0.39, 0.29) is 5.69 Å². The fourth-order valence-corrected chi connectivity index (χ4v) is 2.68. The van der Waals surface area contributed by atoms with E-state index in [1.165, 1.54) is 24.3 Å². The van der Waals surface area contributed by atoms with Crippen LogP contribution in [-0.4, -0.2) is 17.5 Å². The molecule has 25 heavy (non-hydrogen) atoms. The number of carbonyl (C=O) groups excluding carboxylic acids is 2. The van der Waals surface area contributed by atoms with Gasteiger partial charge in [-0.15, -0.1) is 0 Å². The van der Waals surface area contributed by atoms with Crippen LogP contribution in [0.25, 0.3) is 0 Å². The highest BCUT2D eigenvalue weighted by Gasteiger charge is 2.16. The highest BCUT2D eigenvalue weighted by atomic mass is 79.9. The first-order valence-corrected chi connectivity index (χ1v) is 8.39. The predicted octanol–water partition coefficient (Wildman–Crippen LogP) is 4.37. The molecule has 0 saturated heterocycles. The van der Waals surface area contributed by atoms with E-state index in [9.17, 15) is 14.0 Å². The Balaban J connectivity index is 2.04. The van der Waals surface area contributed by atoms with Gasteiger partial charge in [-0.25, -0.2) is 9.82 Å². The lowest BCUT2D eigenvalue weighted by Gasteiger charge is -2.07. The SMILES string of the molecule is C/C(=N\NC(=O)C(=O)Nc1ccc(Br)cc1F)c1ccc(Cl)cc1Cl. The number of carbonyl (C=O) groups is 2. The van der Waals surface area contributed by atoms with Crippen LogP contribution in [0, 0.1) is 5.82 Å². The van der Waals surface area contributed by atoms with Crippen LogP contribution >= 0.6 is 39.1 Å². The minimum Gasteiger partial charge on any atom is -0.315 e. The topological polar surface area (TPSA) is 70.6 Å². The number of rotatable bonds is 3. The molecule has 0 aromatic heterocycles. The molecule has 0 atom stereocenters. The third-order valence-electron chi connectivity index (χ3n) is 3.03. The molecule has 0 bridgehead atoms. The van der Waals surface area contributed by atoms with Crippen molar-refractivity contribution in [1.82, 2.24) is 5.43 Å². The first-order chi connectivity index (χ1) is 11.8. The monoisotopic (exact) mass is 445 g/mol. The number of halogens is 4. The molecule has 2 amide bonds. The zero-order chi connectivity index (χ0) is 18.6. The Labute approximate surface area is 161 Å². The number of amides is 2. The van der Waals surface area contributed by atoms with E-state index in [0.717, 1.165) is 0 Å². The number of nitrogens with zero attached hydrogens (tertiary/aromatic N) is 1. The first kappa shape index (κ1) is 19.4. The molecule has 0 saturated carbocycles. The lowest BCUT2D eigenvalue weighted by Crippen LogP contribution is -2.33. The largest absolute Gasteiger partial charge is 0.329 e. The maximum atomic E-state index is 13.7. The smallest absolute Gasteiger partial charge is 0.315 e. The van der Waals surface area contributed by atoms with Crippen molar-refractivity contribution in [3.8, 4) is 0 Å². The number of anilines is 1. The van der Waals surface area contributed by atoms with Gasteiger partial charge in [0.25, 0.3) is 0 Å². The maximum absolute atomic E-state index is 13.7. The van der Waals surface area contributed by atoms with Gasteiger partial charge in [-0.1, -0.05) is 45.2 Å². The normalized spacial score (nSPS) is 11.2. The third-order valence-corrected chi connectivity index (χ3v) is 4.07. The number of nitrogens with one attached hydrogen (secondary N) is 2. The van der Waals surface area contributed by atoms with Crippen molar-refractivity contribution < 1.29 is 14.0 Å². The molecule has 0 unspecified atom stereocenters. The van der Waals surface area contributed by atoms with E-state index in [1.807, 2.05) is 0 Å². The van der Waals surface area contributed by atoms with Gasteiger partial charge in [0, 0.05) is 15.1 Å². The Bertz CT molecular complexity index is 874. The van der Waals surface area contributed by atoms with Crippen LogP contribution in [0.3, 0.4) is 0 Å². The fourth-order valence-electron chi connectivity index (χ4n) is 1.80. The molecule has 0 fully saturated rings. The average Bonchev–Trinajstić information content (AvgIpc) is 2.54. The third kappa shape index (κ3) is 5.26. The summed E-state index contributed by atoms with van der Waals surface area (Å²) in [5, 5.41) is 6.78. The van der Waals surface area contributed by atoms with Crippen molar-refractivity contribution in [2.75, 3.05) is 5.32 Å². The standard InChI is InChI=1S/C16H11BrCl2FN3O2/c1-8(11-4-3-10(18)7-12(11)19)22-23-16(25)15(24)21-14-5-2-9(17)6-13(14)20/h2-7H,1H3,(H,21,24)(H,23,25)/b22-8+. The van der Waals surface area contributed by atoms with E-state index in [2.05, 4.69) is 31.8 Å². The summed E-state index contributed by atoms with van der Waals surface area (Å²) in [4.78, 5) is 23.6. The van der Waals surface area contributed by atoms with Gasteiger partial charge in [0.15, 0.2) is 0 Å². The second kappa shape index (κ2) is 8.42. The number of hydrogen-bond acceptors (Lipinski definition) is 3. The molecule has 2 aromatic rings. The number of hydrogen-bond donors (Lipinski definition) is 2. The second-order valence-corrected chi connectivity index (χ2v) is 6.60. The van der Waals surface area contributed by atoms with Crippen LogP contribution in [0.15, 0.2) is 46.0 Å². The summed E-state index contributed by atoms with van der Waals surface area (Å²) in [5.74, 6) is -2.78. The minimum atomic E-state index is -1.06. The van der Waals surface area contributed by atoms with Crippen molar-refractivity contribution in [2.24, 2.45) is 5.10 Å². The molecule has 0 radical (unpaired) electrons. The van der Waals surface area contributed by atoms with Gasteiger partial charge in [-0.3, -0.25) is 9.59 Å². The quantitative estimate of drug-likeness (QED) is 0.417. The summed E-state index contributed by atoms with van der Waals surface area (Å²) in [6.07, 6.45) is 0. The molecule has 2 N–H and O–H groups in total. The van der Waals surface area contributed by atoms with Crippen molar-refractivity contribution in [3.05, 3.63) is 62.3 Å². The molecule has 0 aliphatic rings. The summed E-state index contributed by atoms with van der Waals surface area (Å²) < 4.78 is 14.2. The van der Waals surface area contributed by atoms with Crippen molar-refractivity contribution in [1.29, 1.82) is 0 Å². The van der Waals surface area contributed by atoms with Crippen molar-refractivity contribution in [2.45, 2.75) is 6.92 Å². The van der Waals surface area contributed by atoms with E-state index >= 15 is 0 Å². The molecule has 5 nitrogen and oxygen atoms in total. The lowest BCUT2D eigenvalue weighted by molar-refractivity contribution is -0.136. The Morgan fingerprint density at radius 3 is 2.48 bits per heavy atom. The van der Waals surface area contributed by atoms with Gasteiger partial charge >= 0.3 is 11.8 Å². The van der Waals surface area contributed by atoms with Gasteiger partial charge in [0.2, 0.25) is 0 Å². The molecule has 2 rings (SSSR count). The maximum Gasteiger partial charge on any atom is 0.329 e.